The highest BCUT2D eigenvalue weighted by Gasteiger charge is 2.41. The molecule has 1 aromatic carbocycles. The van der Waals surface area contributed by atoms with Crippen LogP contribution in [0.3, 0.4) is 0 Å². The summed E-state index contributed by atoms with van der Waals surface area (Å²) >= 11 is 0. The van der Waals surface area contributed by atoms with Gasteiger partial charge in [-0.3, -0.25) is 9.78 Å². The van der Waals surface area contributed by atoms with Crippen molar-refractivity contribution in [2.75, 3.05) is 6.54 Å². The number of hydrogen-bond acceptors (Lipinski definition) is 4. The maximum atomic E-state index is 12.4. The van der Waals surface area contributed by atoms with E-state index >= 15 is 0 Å². The van der Waals surface area contributed by atoms with E-state index in [0.29, 0.717) is 13.0 Å². The zero-order valence-electron chi connectivity index (χ0n) is 13.7. The lowest BCUT2D eigenvalue weighted by Gasteiger charge is -2.20. The number of rotatable bonds is 6. The van der Waals surface area contributed by atoms with Crippen LogP contribution in [0.25, 0.3) is 0 Å². The van der Waals surface area contributed by atoms with E-state index in [2.05, 4.69) is 15.5 Å². The summed E-state index contributed by atoms with van der Waals surface area (Å²) in [4.78, 5) is 22.2. The second-order valence-electron chi connectivity index (χ2n) is 6.08. The summed E-state index contributed by atoms with van der Waals surface area (Å²) in [6.07, 6.45) is 3.93. The number of nitrogens with zero attached hydrogens (tertiary/aromatic N) is 2. The molecule has 0 fully saturated rings. The third-order valence-electron chi connectivity index (χ3n) is 4.07. The molecule has 0 spiro atoms. The molecule has 1 atom stereocenters. The highest BCUT2D eigenvalue weighted by atomic mass is 16.7. The number of hydrogen-bond donors (Lipinski definition) is 1. The number of benzene rings is 1. The van der Waals surface area contributed by atoms with Gasteiger partial charge in [-0.1, -0.05) is 41.6 Å². The lowest BCUT2D eigenvalue weighted by Crippen LogP contribution is -2.45. The maximum absolute atomic E-state index is 12.4. The molecule has 0 radical (unpaired) electrons. The summed E-state index contributed by atoms with van der Waals surface area (Å²) in [5, 5.41) is 7.04. The number of aromatic nitrogens is 1. The molecule has 2 heterocycles. The highest BCUT2D eigenvalue weighted by molar-refractivity contribution is 6.05. The lowest BCUT2D eigenvalue weighted by atomic mass is 9.95. The molecule has 124 valence electrons. The van der Waals surface area contributed by atoms with E-state index < -0.39 is 5.60 Å². The second kappa shape index (κ2) is 7.25. The Bertz CT molecular complexity index is 716. The molecular formula is C19H21N3O2. The zero-order valence-corrected chi connectivity index (χ0v) is 13.7. The Morgan fingerprint density at radius 2 is 2.00 bits per heavy atom. The van der Waals surface area contributed by atoms with E-state index in [0.717, 1.165) is 29.8 Å². The van der Waals surface area contributed by atoms with Crippen LogP contribution in [-0.4, -0.2) is 28.7 Å². The number of aryl methyl sites for hydroxylation is 1. The predicted molar refractivity (Wildman–Crippen MR) is 92.7 cm³/mol. The molecule has 0 unspecified atom stereocenters. The first-order chi connectivity index (χ1) is 11.7. The van der Waals surface area contributed by atoms with Gasteiger partial charge < -0.3 is 10.2 Å². The van der Waals surface area contributed by atoms with Crippen LogP contribution in [0, 0.1) is 0 Å². The van der Waals surface area contributed by atoms with Gasteiger partial charge in [0.15, 0.2) is 0 Å². The molecule has 0 aliphatic carbocycles. The van der Waals surface area contributed by atoms with Crippen molar-refractivity contribution in [1.82, 2.24) is 10.3 Å². The molecule has 3 rings (SSSR count). The van der Waals surface area contributed by atoms with Gasteiger partial charge in [-0.05, 0) is 37.5 Å². The highest BCUT2D eigenvalue weighted by Crippen LogP contribution is 2.26. The monoisotopic (exact) mass is 323 g/mol. The molecule has 1 N–H and O–H groups in total. The van der Waals surface area contributed by atoms with Crippen molar-refractivity contribution in [1.29, 1.82) is 0 Å². The van der Waals surface area contributed by atoms with Gasteiger partial charge in [-0.15, -0.1) is 0 Å². The Balaban J connectivity index is 1.47. The third kappa shape index (κ3) is 3.79. The number of nitrogens with one attached hydrogen (secondary N) is 1. The Kier molecular flexibility index (Phi) is 4.89. The topological polar surface area (TPSA) is 63.6 Å². The average molecular weight is 323 g/mol. The molecule has 0 saturated carbocycles. The zero-order chi connectivity index (χ0) is 16.8. The van der Waals surface area contributed by atoms with Crippen LogP contribution in [0.15, 0.2) is 59.9 Å². The molecule has 0 bridgehead atoms. The van der Waals surface area contributed by atoms with Crippen LogP contribution in [0.2, 0.25) is 0 Å². The minimum Gasteiger partial charge on any atom is -0.379 e. The molecule has 1 aliphatic heterocycles. The fraction of sp³-hybridized carbons (Fsp3) is 0.316. The van der Waals surface area contributed by atoms with Gasteiger partial charge in [0.05, 0.1) is 5.71 Å². The molecule has 5 nitrogen and oxygen atoms in total. The van der Waals surface area contributed by atoms with Crippen LogP contribution in [0.1, 0.15) is 31.0 Å². The fourth-order valence-electron chi connectivity index (χ4n) is 2.65. The van der Waals surface area contributed by atoms with Crippen molar-refractivity contribution < 1.29 is 9.63 Å². The van der Waals surface area contributed by atoms with Crippen molar-refractivity contribution in [3.8, 4) is 0 Å². The maximum Gasteiger partial charge on any atom is 0.267 e. The summed E-state index contributed by atoms with van der Waals surface area (Å²) in [6, 6.07) is 15.6. The third-order valence-corrected chi connectivity index (χ3v) is 4.07. The summed E-state index contributed by atoms with van der Waals surface area (Å²) in [5.41, 5.74) is 1.89. The first-order valence-electron chi connectivity index (χ1n) is 8.16. The van der Waals surface area contributed by atoms with Gasteiger partial charge in [0.1, 0.15) is 0 Å². The summed E-state index contributed by atoms with van der Waals surface area (Å²) < 4.78 is 0. The SMILES string of the molecule is C[C@]1(C(=O)NCCCc2ccccn2)CC(c2ccccc2)=NO1. The molecule has 1 aromatic heterocycles. The molecular weight excluding hydrogens is 302 g/mol. The van der Waals surface area contributed by atoms with Gasteiger partial charge in [0, 0.05) is 24.9 Å². The van der Waals surface area contributed by atoms with Crippen LogP contribution in [0.4, 0.5) is 0 Å². The van der Waals surface area contributed by atoms with Crippen LogP contribution in [-0.2, 0) is 16.1 Å². The number of pyridine rings is 1. The molecule has 1 amide bonds. The van der Waals surface area contributed by atoms with Crippen molar-refractivity contribution >= 4 is 11.6 Å². The van der Waals surface area contributed by atoms with E-state index in [4.69, 9.17) is 4.84 Å². The van der Waals surface area contributed by atoms with Crippen LogP contribution in [0.5, 0.6) is 0 Å². The van der Waals surface area contributed by atoms with Gasteiger partial charge in [0.2, 0.25) is 5.60 Å². The number of oxime groups is 1. The first kappa shape index (κ1) is 16.2. The molecule has 5 heteroatoms. The number of carbonyl (C=O) groups is 1. The predicted octanol–water partition coefficient (Wildman–Crippen LogP) is 2.71. The van der Waals surface area contributed by atoms with E-state index in [-0.39, 0.29) is 5.91 Å². The first-order valence-corrected chi connectivity index (χ1v) is 8.16. The lowest BCUT2D eigenvalue weighted by molar-refractivity contribution is -0.141. The van der Waals surface area contributed by atoms with E-state index in [1.54, 1.807) is 13.1 Å². The van der Waals surface area contributed by atoms with Gasteiger partial charge in [-0.2, -0.15) is 0 Å². The second-order valence-corrected chi connectivity index (χ2v) is 6.08. The van der Waals surface area contributed by atoms with Crippen molar-refractivity contribution in [2.24, 2.45) is 5.16 Å². The molecule has 1 aliphatic rings. The molecule has 2 aromatic rings. The molecule has 0 saturated heterocycles. The fourth-order valence-corrected chi connectivity index (χ4v) is 2.65. The standard InChI is InChI=1S/C19H21N3O2/c1-19(14-17(22-24-19)15-8-3-2-4-9-15)18(23)21-13-7-11-16-10-5-6-12-20-16/h2-6,8-10,12H,7,11,13-14H2,1H3,(H,21,23)/t19-/m1/s1. The van der Waals surface area contributed by atoms with Gasteiger partial charge >= 0.3 is 0 Å². The Morgan fingerprint density at radius 3 is 2.75 bits per heavy atom. The summed E-state index contributed by atoms with van der Waals surface area (Å²) in [5.74, 6) is -0.127. The average Bonchev–Trinajstić information content (AvgIpc) is 3.04. The summed E-state index contributed by atoms with van der Waals surface area (Å²) in [6.45, 7) is 2.37. The van der Waals surface area contributed by atoms with Crippen molar-refractivity contribution in [3.63, 3.8) is 0 Å². The van der Waals surface area contributed by atoms with E-state index in [9.17, 15) is 4.79 Å². The van der Waals surface area contributed by atoms with Crippen molar-refractivity contribution in [2.45, 2.75) is 31.8 Å². The summed E-state index contributed by atoms with van der Waals surface area (Å²) in [7, 11) is 0. The normalized spacial score (nSPS) is 19.5. The number of carbonyl (C=O) groups excluding carboxylic acids is 1. The van der Waals surface area contributed by atoms with Crippen molar-refractivity contribution in [3.05, 3.63) is 66.0 Å². The van der Waals surface area contributed by atoms with Gasteiger partial charge in [0.25, 0.3) is 5.91 Å². The van der Waals surface area contributed by atoms with Gasteiger partial charge in [-0.25, -0.2) is 0 Å². The molecule has 24 heavy (non-hydrogen) atoms. The Hall–Kier alpha value is -2.69. The largest absolute Gasteiger partial charge is 0.379 e. The van der Waals surface area contributed by atoms with Crippen LogP contribution < -0.4 is 5.32 Å². The number of amides is 1. The van der Waals surface area contributed by atoms with Crippen LogP contribution >= 0.6 is 0 Å². The quantitative estimate of drug-likeness (QED) is 0.831. The van der Waals surface area contributed by atoms with E-state index in [1.165, 1.54) is 0 Å². The minimum absolute atomic E-state index is 0.127. The Morgan fingerprint density at radius 1 is 1.21 bits per heavy atom. The smallest absolute Gasteiger partial charge is 0.267 e. The Labute approximate surface area is 141 Å². The van der Waals surface area contributed by atoms with E-state index in [1.807, 2.05) is 48.5 Å². The minimum atomic E-state index is -0.934.